The van der Waals surface area contributed by atoms with E-state index in [1.165, 1.54) is 0 Å². The van der Waals surface area contributed by atoms with Crippen LogP contribution >= 0.6 is 27.5 Å². The maximum Gasteiger partial charge on any atom is 0.258 e. The molecule has 6 heteroatoms. The summed E-state index contributed by atoms with van der Waals surface area (Å²) in [5.41, 5.74) is 1.83. The molecule has 116 valence electrons. The van der Waals surface area contributed by atoms with Gasteiger partial charge in [-0.15, -0.1) is 0 Å². The van der Waals surface area contributed by atoms with Crippen molar-refractivity contribution in [3.63, 3.8) is 0 Å². The minimum Gasteiger partial charge on any atom is -0.483 e. The molecule has 0 bridgehead atoms. The summed E-state index contributed by atoms with van der Waals surface area (Å²) in [6.45, 7) is 5.12. The molecule has 1 aliphatic heterocycles. The number of nitrogens with one attached hydrogen (secondary N) is 1. The number of aryl methyl sites for hydroxylation is 1. The van der Waals surface area contributed by atoms with Crippen LogP contribution in [0.15, 0.2) is 10.5 Å². The molecule has 2 rings (SSSR count). The fourth-order valence-electron chi connectivity index (χ4n) is 2.23. The van der Waals surface area contributed by atoms with Crippen molar-refractivity contribution in [2.75, 3.05) is 19.8 Å². The minimum atomic E-state index is -0.150. The van der Waals surface area contributed by atoms with Crippen molar-refractivity contribution in [3.8, 4) is 5.75 Å². The minimum absolute atomic E-state index is 0.0220. The molecule has 1 saturated heterocycles. The zero-order valence-corrected chi connectivity index (χ0v) is 14.5. The molecule has 1 fully saturated rings. The van der Waals surface area contributed by atoms with Gasteiger partial charge in [0.25, 0.3) is 5.91 Å². The van der Waals surface area contributed by atoms with Crippen LogP contribution < -0.4 is 10.1 Å². The van der Waals surface area contributed by atoms with E-state index in [1.807, 2.05) is 19.9 Å². The van der Waals surface area contributed by atoms with Gasteiger partial charge in [-0.05, 0) is 59.8 Å². The fraction of sp³-hybridized carbons (Fsp3) is 0.533. The standard InChI is InChI=1S/C15H19BrClNO3/c1-9-6-12(14(16)10(2)15(9)17)21-8-13(19)18-7-11-4-3-5-20-11/h6,11H,3-5,7-8H2,1-2H3,(H,18,19). The summed E-state index contributed by atoms with van der Waals surface area (Å²) in [7, 11) is 0. The highest BCUT2D eigenvalue weighted by atomic mass is 79.9. The molecule has 1 heterocycles. The number of hydrogen-bond acceptors (Lipinski definition) is 3. The number of carbonyl (C=O) groups is 1. The summed E-state index contributed by atoms with van der Waals surface area (Å²) in [5, 5.41) is 3.53. The summed E-state index contributed by atoms with van der Waals surface area (Å²) in [6.07, 6.45) is 2.20. The van der Waals surface area contributed by atoms with E-state index in [4.69, 9.17) is 21.1 Å². The highest BCUT2D eigenvalue weighted by Crippen LogP contribution is 2.35. The van der Waals surface area contributed by atoms with E-state index in [1.54, 1.807) is 0 Å². The Balaban J connectivity index is 1.86. The molecule has 1 amide bonds. The largest absolute Gasteiger partial charge is 0.483 e. The molecule has 0 aliphatic carbocycles. The monoisotopic (exact) mass is 375 g/mol. The first-order chi connectivity index (χ1) is 9.99. The molecule has 1 unspecified atom stereocenters. The van der Waals surface area contributed by atoms with Crippen LogP contribution in [0.1, 0.15) is 24.0 Å². The summed E-state index contributed by atoms with van der Waals surface area (Å²) < 4.78 is 11.8. The Kier molecular flexibility index (Phi) is 5.90. The average molecular weight is 377 g/mol. The number of carbonyl (C=O) groups excluding carboxylic acids is 1. The van der Waals surface area contributed by atoms with Crippen LogP contribution in [0.25, 0.3) is 0 Å². The van der Waals surface area contributed by atoms with E-state index in [9.17, 15) is 4.79 Å². The summed E-state index contributed by atoms with van der Waals surface area (Å²) in [4.78, 5) is 11.8. The van der Waals surface area contributed by atoms with Gasteiger partial charge in [0, 0.05) is 18.2 Å². The van der Waals surface area contributed by atoms with E-state index in [2.05, 4.69) is 21.2 Å². The highest BCUT2D eigenvalue weighted by molar-refractivity contribution is 9.10. The van der Waals surface area contributed by atoms with Crippen molar-refractivity contribution in [1.82, 2.24) is 5.32 Å². The molecular weight excluding hydrogens is 358 g/mol. The molecule has 0 saturated carbocycles. The third kappa shape index (κ3) is 4.34. The molecule has 0 aromatic heterocycles. The molecule has 0 spiro atoms. The molecule has 21 heavy (non-hydrogen) atoms. The lowest BCUT2D eigenvalue weighted by Crippen LogP contribution is -2.35. The molecule has 0 radical (unpaired) electrons. The van der Waals surface area contributed by atoms with Gasteiger partial charge in [0.2, 0.25) is 0 Å². The van der Waals surface area contributed by atoms with Crippen LogP contribution in [0, 0.1) is 13.8 Å². The lowest BCUT2D eigenvalue weighted by atomic mass is 10.1. The van der Waals surface area contributed by atoms with Crippen molar-refractivity contribution < 1.29 is 14.3 Å². The van der Waals surface area contributed by atoms with Gasteiger partial charge in [0.15, 0.2) is 6.61 Å². The number of amides is 1. The first kappa shape index (κ1) is 16.6. The van der Waals surface area contributed by atoms with Gasteiger partial charge >= 0.3 is 0 Å². The predicted molar refractivity (Wildman–Crippen MR) is 86.1 cm³/mol. The van der Waals surface area contributed by atoms with E-state index in [0.717, 1.165) is 35.0 Å². The van der Waals surface area contributed by atoms with E-state index in [-0.39, 0.29) is 18.6 Å². The lowest BCUT2D eigenvalue weighted by molar-refractivity contribution is -0.123. The van der Waals surface area contributed by atoms with Crippen LogP contribution in [0.3, 0.4) is 0 Å². The van der Waals surface area contributed by atoms with Crippen LogP contribution in [-0.4, -0.2) is 31.8 Å². The van der Waals surface area contributed by atoms with Crippen LogP contribution in [0.4, 0.5) is 0 Å². The van der Waals surface area contributed by atoms with Crippen LogP contribution in [0.2, 0.25) is 5.02 Å². The first-order valence-corrected chi connectivity index (χ1v) is 8.12. The van der Waals surface area contributed by atoms with Crippen molar-refractivity contribution in [2.45, 2.75) is 32.8 Å². The summed E-state index contributed by atoms with van der Waals surface area (Å²) >= 11 is 9.61. The number of hydrogen-bond donors (Lipinski definition) is 1. The second-order valence-corrected chi connectivity index (χ2v) is 6.34. The molecule has 1 aromatic rings. The van der Waals surface area contributed by atoms with Gasteiger partial charge in [-0.2, -0.15) is 0 Å². The Morgan fingerprint density at radius 1 is 1.57 bits per heavy atom. The zero-order valence-electron chi connectivity index (χ0n) is 12.2. The summed E-state index contributed by atoms with van der Waals surface area (Å²) in [6, 6.07) is 1.83. The Labute approximate surface area is 138 Å². The third-order valence-electron chi connectivity index (χ3n) is 3.48. The SMILES string of the molecule is Cc1cc(OCC(=O)NCC2CCCO2)c(Br)c(C)c1Cl. The summed E-state index contributed by atoms with van der Waals surface area (Å²) in [5.74, 6) is 0.476. The van der Waals surface area contributed by atoms with Gasteiger partial charge in [0.05, 0.1) is 10.6 Å². The van der Waals surface area contributed by atoms with E-state index < -0.39 is 0 Å². The molecule has 1 aliphatic rings. The van der Waals surface area contributed by atoms with Crippen LogP contribution in [-0.2, 0) is 9.53 Å². The molecular formula is C15H19BrClNO3. The van der Waals surface area contributed by atoms with Gasteiger partial charge in [0.1, 0.15) is 5.75 Å². The molecule has 1 N–H and O–H groups in total. The zero-order chi connectivity index (χ0) is 15.4. The first-order valence-electron chi connectivity index (χ1n) is 6.95. The maximum atomic E-state index is 11.8. The molecule has 1 aromatic carbocycles. The van der Waals surface area contributed by atoms with Crippen molar-refractivity contribution in [1.29, 1.82) is 0 Å². The van der Waals surface area contributed by atoms with Crippen molar-refractivity contribution in [3.05, 3.63) is 26.7 Å². The lowest BCUT2D eigenvalue weighted by Gasteiger charge is -2.14. The quantitative estimate of drug-likeness (QED) is 0.857. The molecule has 4 nitrogen and oxygen atoms in total. The van der Waals surface area contributed by atoms with Gasteiger partial charge < -0.3 is 14.8 Å². The van der Waals surface area contributed by atoms with Gasteiger partial charge in [-0.25, -0.2) is 0 Å². The molecule has 1 atom stereocenters. The van der Waals surface area contributed by atoms with Crippen LogP contribution in [0.5, 0.6) is 5.75 Å². The Morgan fingerprint density at radius 3 is 3.00 bits per heavy atom. The fourth-order valence-corrected chi connectivity index (χ4v) is 2.92. The number of benzene rings is 1. The second kappa shape index (κ2) is 7.47. The normalized spacial score (nSPS) is 17.8. The maximum absolute atomic E-state index is 11.8. The van der Waals surface area contributed by atoms with Gasteiger partial charge in [-0.3, -0.25) is 4.79 Å². The average Bonchev–Trinajstić information content (AvgIpc) is 2.98. The Morgan fingerprint density at radius 2 is 2.33 bits per heavy atom. The number of rotatable bonds is 5. The van der Waals surface area contributed by atoms with Crippen molar-refractivity contribution >= 4 is 33.4 Å². The van der Waals surface area contributed by atoms with Crippen molar-refractivity contribution in [2.24, 2.45) is 0 Å². The topological polar surface area (TPSA) is 47.6 Å². The van der Waals surface area contributed by atoms with E-state index >= 15 is 0 Å². The second-order valence-electron chi connectivity index (χ2n) is 5.17. The number of halogens is 2. The van der Waals surface area contributed by atoms with E-state index in [0.29, 0.717) is 17.3 Å². The Hall–Kier alpha value is -0.780. The highest BCUT2D eigenvalue weighted by Gasteiger charge is 2.17. The number of ether oxygens (including phenoxy) is 2. The predicted octanol–water partition coefficient (Wildman–Crippen LogP) is 3.39. The Bertz CT molecular complexity index is 530. The van der Waals surface area contributed by atoms with Gasteiger partial charge in [-0.1, -0.05) is 11.6 Å². The third-order valence-corrected chi connectivity index (χ3v) is 5.05. The smallest absolute Gasteiger partial charge is 0.258 e.